The van der Waals surface area contributed by atoms with Crippen molar-refractivity contribution < 1.29 is 28.3 Å². The van der Waals surface area contributed by atoms with Crippen molar-refractivity contribution in [1.82, 2.24) is 4.57 Å². The van der Waals surface area contributed by atoms with Crippen LogP contribution in [0.3, 0.4) is 0 Å². The minimum Gasteiger partial charge on any atom is -0.478 e. The molecule has 0 unspecified atom stereocenters. The number of allylic oxidation sites excluding steroid dienone is 1. The number of esters is 1. The fourth-order valence-corrected chi connectivity index (χ4v) is 6.11. The average Bonchev–Trinajstić information content (AvgIpc) is 3.73. The lowest BCUT2D eigenvalue weighted by atomic mass is 10.0. The highest BCUT2D eigenvalue weighted by Crippen LogP contribution is 2.34. The molecule has 0 aliphatic carbocycles. The molecule has 0 spiro atoms. The summed E-state index contributed by atoms with van der Waals surface area (Å²) in [7, 11) is 0. The Morgan fingerprint density at radius 3 is 2.33 bits per heavy atom. The van der Waals surface area contributed by atoms with Gasteiger partial charge in [-0.3, -0.25) is 9.36 Å². The highest BCUT2D eigenvalue weighted by atomic mass is 79.9. The number of aromatic carboxylic acids is 1. The first-order valence-corrected chi connectivity index (χ1v) is 14.8. The summed E-state index contributed by atoms with van der Waals surface area (Å²) in [5.74, 6) is 0.339. The second kappa shape index (κ2) is 11.5. The highest BCUT2D eigenvalue weighted by molar-refractivity contribution is 9.10. The molecule has 5 aromatic rings. The summed E-state index contributed by atoms with van der Waals surface area (Å²) in [5, 5.41) is 9.15. The molecular formula is C32H23BrN2O7S. The zero-order valence-electron chi connectivity index (χ0n) is 22.9. The summed E-state index contributed by atoms with van der Waals surface area (Å²) in [6.07, 6.45) is 1.62. The van der Waals surface area contributed by atoms with Gasteiger partial charge in [0.15, 0.2) is 4.80 Å². The van der Waals surface area contributed by atoms with Crippen LogP contribution in [0.25, 0.3) is 28.7 Å². The van der Waals surface area contributed by atoms with Crippen LogP contribution in [0.15, 0.2) is 107 Å². The summed E-state index contributed by atoms with van der Waals surface area (Å²) in [6, 6.07) is 20.1. The van der Waals surface area contributed by atoms with Gasteiger partial charge in [-0.25, -0.2) is 14.6 Å². The molecule has 6 rings (SSSR count). The van der Waals surface area contributed by atoms with Crippen LogP contribution in [-0.4, -0.2) is 28.2 Å². The van der Waals surface area contributed by atoms with E-state index in [1.165, 1.54) is 28.0 Å². The van der Waals surface area contributed by atoms with Crippen molar-refractivity contribution in [3.8, 4) is 22.6 Å². The summed E-state index contributed by atoms with van der Waals surface area (Å²) in [5.41, 5.74) is 2.00. The zero-order chi connectivity index (χ0) is 30.2. The van der Waals surface area contributed by atoms with Crippen molar-refractivity contribution in [3.05, 3.63) is 125 Å². The van der Waals surface area contributed by atoms with Gasteiger partial charge < -0.3 is 18.7 Å². The standard InChI is InChI=1S/C32H23BrN2O7S/c1-3-40-31(39)27-17(2)34-32-35(28(27)25-15-14-24(42-25)19-8-10-21(33)11-9-19)29(36)26(43-32)16-22-12-13-23(41-22)18-4-6-20(7-5-18)30(37)38/h4-16,28H,3H2,1-2H3,(H,37,38)/b26-16-/t28-/m0/s1. The molecule has 4 heterocycles. The number of aromatic nitrogens is 1. The molecule has 0 saturated heterocycles. The molecule has 1 aliphatic rings. The van der Waals surface area contributed by atoms with Crippen LogP contribution in [0.4, 0.5) is 0 Å². The third-order valence-electron chi connectivity index (χ3n) is 6.86. The second-order valence-corrected chi connectivity index (χ2v) is 11.5. The molecule has 1 aliphatic heterocycles. The maximum atomic E-state index is 13.9. The number of hydrogen-bond donors (Lipinski definition) is 1. The molecule has 0 fully saturated rings. The quantitative estimate of drug-likeness (QED) is 0.220. The predicted octanol–water partition coefficient (Wildman–Crippen LogP) is 5.78. The van der Waals surface area contributed by atoms with Crippen molar-refractivity contribution >= 4 is 45.3 Å². The molecule has 0 radical (unpaired) electrons. The Kier molecular flexibility index (Phi) is 7.59. The molecule has 216 valence electrons. The van der Waals surface area contributed by atoms with E-state index in [-0.39, 0.29) is 23.3 Å². The van der Waals surface area contributed by atoms with Crippen molar-refractivity contribution in [3.63, 3.8) is 0 Å². The minimum atomic E-state index is -1.01. The van der Waals surface area contributed by atoms with E-state index in [4.69, 9.17) is 18.7 Å². The monoisotopic (exact) mass is 658 g/mol. The number of carbonyl (C=O) groups is 2. The maximum absolute atomic E-state index is 13.9. The van der Waals surface area contributed by atoms with E-state index in [0.717, 1.165) is 10.0 Å². The van der Waals surface area contributed by atoms with Crippen LogP contribution in [-0.2, 0) is 9.53 Å². The molecular weight excluding hydrogens is 636 g/mol. The summed E-state index contributed by atoms with van der Waals surface area (Å²) >= 11 is 4.61. The lowest BCUT2D eigenvalue weighted by Gasteiger charge is -2.22. The predicted molar refractivity (Wildman–Crippen MR) is 163 cm³/mol. The number of furan rings is 2. The molecule has 0 bridgehead atoms. The fraction of sp³-hybridized carbons (Fsp3) is 0.125. The summed E-state index contributed by atoms with van der Waals surface area (Å²) in [6.45, 7) is 3.59. The smallest absolute Gasteiger partial charge is 0.338 e. The Hall–Kier alpha value is -4.74. The van der Waals surface area contributed by atoms with Crippen LogP contribution < -0.4 is 14.9 Å². The number of thiazole rings is 1. The van der Waals surface area contributed by atoms with E-state index in [0.29, 0.717) is 43.6 Å². The zero-order valence-corrected chi connectivity index (χ0v) is 25.3. The van der Waals surface area contributed by atoms with Crippen LogP contribution in [0.1, 0.15) is 41.8 Å². The van der Waals surface area contributed by atoms with Crippen molar-refractivity contribution in [2.75, 3.05) is 6.61 Å². The van der Waals surface area contributed by atoms with Gasteiger partial charge in [0, 0.05) is 21.7 Å². The number of rotatable bonds is 7. The van der Waals surface area contributed by atoms with Gasteiger partial charge in [-0.05, 0) is 62.4 Å². The molecule has 3 aromatic heterocycles. The van der Waals surface area contributed by atoms with E-state index in [9.17, 15) is 14.4 Å². The molecule has 11 heteroatoms. The van der Waals surface area contributed by atoms with Crippen LogP contribution in [0, 0.1) is 0 Å². The average molecular weight is 660 g/mol. The molecule has 2 aromatic carbocycles. The van der Waals surface area contributed by atoms with E-state index in [1.807, 2.05) is 24.3 Å². The SMILES string of the molecule is CCOC(=O)C1=C(C)N=c2s/c(=C\c3ccc(-c4ccc(C(=O)O)cc4)o3)c(=O)n2[C@H]1c1ccc(-c2ccc(Br)cc2)o1. The first-order valence-electron chi connectivity index (χ1n) is 13.2. The first kappa shape index (κ1) is 28.4. The summed E-state index contributed by atoms with van der Waals surface area (Å²) < 4.78 is 20.3. The van der Waals surface area contributed by atoms with Gasteiger partial charge in [0.2, 0.25) is 0 Å². The lowest BCUT2D eigenvalue weighted by molar-refractivity contribution is -0.139. The number of halogens is 1. The van der Waals surface area contributed by atoms with Gasteiger partial charge in [0.25, 0.3) is 5.56 Å². The number of carboxylic acids is 1. The van der Waals surface area contributed by atoms with Crippen molar-refractivity contribution in [2.24, 2.45) is 4.99 Å². The van der Waals surface area contributed by atoms with Gasteiger partial charge in [-0.1, -0.05) is 51.5 Å². The van der Waals surface area contributed by atoms with Gasteiger partial charge >= 0.3 is 11.9 Å². The van der Waals surface area contributed by atoms with Crippen molar-refractivity contribution in [1.29, 1.82) is 0 Å². The van der Waals surface area contributed by atoms with Crippen LogP contribution >= 0.6 is 27.3 Å². The normalized spacial score (nSPS) is 14.9. The molecule has 1 N–H and O–H groups in total. The van der Waals surface area contributed by atoms with E-state index < -0.39 is 18.0 Å². The van der Waals surface area contributed by atoms with Crippen LogP contribution in [0.5, 0.6) is 0 Å². The number of nitrogens with zero attached hydrogens (tertiary/aromatic N) is 2. The first-order chi connectivity index (χ1) is 20.7. The number of benzene rings is 2. The largest absolute Gasteiger partial charge is 0.478 e. The fourth-order valence-electron chi connectivity index (χ4n) is 4.82. The maximum Gasteiger partial charge on any atom is 0.338 e. The Balaban J connectivity index is 1.43. The Morgan fingerprint density at radius 1 is 1.00 bits per heavy atom. The number of carbonyl (C=O) groups excluding carboxylic acids is 1. The van der Waals surface area contributed by atoms with E-state index >= 15 is 0 Å². The minimum absolute atomic E-state index is 0.162. The van der Waals surface area contributed by atoms with Crippen molar-refractivity contribution in [2.45, 2.75) is 19.9 Å². The van der Waals surface area contributed by atoms with Gasteiger partial charge in [0.05, 0.1) is 28.0 Å². The number of carboxylic acid groups (broad SMARTS) is 1. The van der Waals surface area contributed by atoms with Gasteiger partial charge in [0.1, 0.15) is 29.1 Å². The number of hydrogen-bond acceptors (Lipinski definition) is 8. The third kappa shape index (κ3) is 5.44. The van der Waals surface area contributed by atoms with Gasteiger partial charge in [-0.2, -0.15) is 0 Å². The molecule has 43 heavy (non-hydrogen) atoms. The topological polar surface area (TPSA) is 124 Å². The van der Waals surface area contributed by atoms with Crippen LogP contribution in [0.2, 0.25) is 0 Å². The van der Waals surface area contributed by atoms with Gasteiger partial charge in [-0.15, -0.1) is 0 Å². The molecule has 0 amide bonds. The molecule has 0 saturated carbocycles. The number of ether oxygens (including phenoxy) is 1. The van der Waals surface area contributed by atoms with E-state index in [1.54, 1.807) is 56.3 Å². The highest BCUT2D eigenvalue weighted by Gasteiger charge is 2.35. The third-order valence-corrected chi connectivity index (χ3v) is 8.37. The Labute approximate surface area is 256 Å². The summed E-state index contributed by atoms with van der Waals surface area (Å²) in [4.78, 5) is 43.2. The van der Waals surface area contributed by atoms with E-state index in [2.05, 4.69) is 20.9 Å². The molecule has 9 nitrogen and oxygen atoms in total. The number of fused-ring (bicyclic) bond motifs is 1. The Morgan fingerprint density at radius 2 is 1.65 bits per heavy atom. The lowest BCUT2D eigenvalue weighted by Crippen LogP contribution is -2.39. The molecule has 1 atom stereocenters. The Bertz CT molecular complexity index is 2080. The second-order valence-electron chi connectivity index (χ2n) is 9.60.